The Hall–Kier alpha value is -0.670. The van der Waals surface area contributed by atoms with E-state index in [9.17, 15) is 8.78 Å². The van der Waals surface area contributed by atoms with E-state index in [1.54, 1.807) is 0 Å². The monoisotopic (exact) mass is 273 g/mol. The molecule has 2 atom stereocenters. The highest BCUT2D eigenvalue weighted by molar-refractivity contribution is 6.20. The van der Waals surface area contributed by atoms with Crippen molar-refractivity contribution in [1.82, 2.24) is 5.32 Å². The van der Waals surface area contributed by atoms with Crippen LogP contribution in [0.15, 0.2) is 18.2 Å². The van der Waals surface area contributed by atoms with Crippen molar-refractivity contribution >= 4 is 11.6 Å². The van der Waals surface area contributed by atoms with Gasteiger partial charge in [-0.3, -0.25) is 0 Å². The Labute approximate surface area is 112 Å². The molecule has 2 rings (SSSR count). The van der Waals surface area contributed by atoms with Crippen LogP contribution in [0.25, 0.3) is 0 Å². The van der Waals surface area contributed by atoms with Crippen molar-refractivity contribution in [2.24, 2.45) is 5.92 Å². The van der Waals surface area contributed by atoms with Crippen LogP contribution < -0.4 is 5.32 Å². The molecule has 0 saturated heterocycles. The fraction of sp³-hybridized carbons (Fsp3) is 0.571. The highest BCUT2D eigenvalue weighted by atomic mass is 35.5. The van der Waals surface area contributed by atoms with Gasteiger partial charge in [-0.25, -0.2) is 8.78 Å². The summed E-state index contributed by atoms with van der Waals surface area (Å²) in [6.45, 7) is 0.945. The van der Waals surface area contributed by atoms with E-state index in [1.807, 2.05) is 0 Å². The van der Waals surface area contributed by atoms with Gasteiger partial charge in [-0.2, -0.15) is 0 Å². The summed E-state index contributed by atoms with van der Waals surface area (Å²) >= 11 is 6.24. The van der Waals surface area contributed by atoms with Gasteiger partial charge in [0.25, 0.3) is 0 Å². The molecule has 18 heavy (non-hydrogen) atoms. The molecule has 4 heteroatoms. The molecular weight excluding hydrogens is 256 g/mol. The van der Waals surface area contributed by atoms with Gasteiger partial charge in [0.05, 0.1) is 0 Å². The standard InChI is InChI=1S/C14H18ClF2N/c15-12-5-2-1-4-10(12)8-18-9-11-13(16)6-3-7-14(11)17/h3,6-7,10,12,18H,1-2,4-5,8-9H2. The second-order valence-corrected chi connectivity index (χ2v) is 5.45. The van der Waals surface area contributed by atoms with Gasteiger partial charge in [-0.05, 0) is 37.4 Å². The number of hydrogen-bond acceptors (Lipinski definition) is 1. The van der Waals surface area contributed by atoms with Crippen LogP contribution in [0.1, 0.15) is 31.2 Å². The van der Waals surface area contributed by atoms with Crippen molar-refractivity contribution in [2.45, 2.75) is 37.6 Å². The summed E-state index contributed by atoms with van der Waals surface area (Å²) in [5, 5.41) is 3.31. The van der Waals surface area contributed by atoms with Gasteiger partial charge in [0, 0.05) is 17.5 Å². The summed E-state index contributed by atoms with van der Waals surface area (Å²) < 4.78 is 26.8. The van der Waals surface area contributed by atoms with Gasteiger partial charge in [0.1, 0.15) is 11.6 Å². The number of hydrogen-bond donors (Lipinski definition) is 1. The van der Waals surface area contributed by atoms with Gasteiger partial charge in [0.2, 0.25) is 0 Å². The Morgan fingerprint density at radius 3 is 2.50 bits per heavy atom. The Morgan fingerprint density at radius 1 is 1.17 bits per heavy atom. The van der Waals surface area contributed by atoms with Gasteiger partial charge in [-0.15, -0.1) is 11.6 Å². The number of rotatable bonds is 4. The quantitative estimate of drug-likeness (QED) is 0.822. The molecule has 1 aromatic rings. The lowest BCUT2D eigenvalue weighted by atomic mass is 9.88. The van der Waals surface area contributed by atoms with Crippen molar-refractivity contribution in [3.63, 3.8) is 0 Å². The average Bonchev–Trinajstić information content (AvgIpc) is 2.35. The molecule has 1 aliphatic rings. The van der Waals surface area contributed by atoms with Gasteiger partial charge >= 0.3 is 0 Å². The van der Waals surface area contributed by atoms with E-state index < -0.39 is 11.6 Å². The average molecular weight is 274 g/mol. The van der Waals surface area contributed by atoms with E-state index in [0.717, 1.165) is 19.4 Å². The summed E-state index contributed by atoms with van der Waals surface area (Å²) in [7, 11) is 0. The molecule has 1 aromatic carbocycles. The maximum absolute atomic E-state index is 13.4. The van der Waals surface area contributed by atoms with E-state index in [4.69, 9.17) is 11.6 Å². The van der Waals surface area contributed by atoms with Gasteiger partial charge < -0.3 is 5.32 Å². The molecule has 1 saturated carbocycles. The first-order valence-electron chi connectivity index (χ1n) is 6.46. The molecule has 0 heterocycles. The predicted molar refractivity (Wildman–Crippen MR) is 69.7 cm³/mol. The summed E-state index contributed by atoms with van der Waals surface area (Å²) in [6, 6.07) is 3.94. The molecule has 0 radical (unpaired) electrons. The van der Waals surface area contributed by atoms with Crippen LogP contribution in [0, 0.1) is 17.6 Å². The maximum Gasteiger partial charge on any atom is 0.130 e. The summed E-state index contributed by atoms with van der Waals surface area (Å²) in [5.41, 5.74) is 0.111. The Morgan fingerprint density at radius 2 is 1.83 bits per heavy atom. The first-order chi connectivity index (χ1) is 8.68. The van der Waals surface area contributed by atoms with Crippen LogP contribution in [-0.4, -0.2) is 11.9 Å². The molecule has 1 N–H and O–H groups in total. The normalized spacial score (nSPS) is 24.2. The third kappa shape index (κ3) is 3.42. The number of halogens is 3. The first-order valence-corrected chi connectivity index (χ1v) is 6.90. The highest BCUT2D eigenvalue weighted by Crippen LogP contribution is 2.28. The first kappa shape index (κ1) is 13.8. The minimum absolute atomic E-state index is 0.111. The maximum atomic E-state index is 13.4. The minimum Gasteiger partial charge on any atom is -0.312 e. The van der Waals surface area contributed by atoms with E-state index in [-0.39, 0.29) is 17.5 Å². The Bertz CT molecular complexity index is 377. The van der Waals surface area contributed by atoms with Crippen LogP contribution in [0.5, 0.6) is 0 Å². The second kappa shape index (κ2) is 6.48. The molecule has 100 valence electrons. The number of alkyl halides is 1. The van der Waals surface area contributed by atoms with Crippen LogP contribution >= 0.6 is 11.6 Å². The molecular formula is C14H18ClF2N. The van der Waals surface area contributed by atoms with Crippen molar-refractivity contribution < 1.29 is 8.78 Å². The molecule has 2 unspecified atom stereocenters. The largest absolute Gasteiger partial charge is 0.312 e. The minimum atomic E-state index is -0.492. The predicted octanol–water partition coefficient (Wildman–Crippen LogP) is 3.85. The van der Waals surface area contributed by atoms with E-state index >= 15 is 0 Å². The molecule has 0 bridgehead atoms. The molecule has 0 aromatic heterocycles. The van der Waals surface area contributed by atoms with Crippen molar-refractivity contribution in [2.75, 3.05) is 6.54 Å². The fourth-order valence-electron chi connectivity index (χ4n) is 2.48. The summed E-state index contributed by atoms with van der Waals surface area (Å²) in [4.78, 5) is 0. The molecule has 1 fully saturated rings. The van der Waals surface area contributed by atoms with Crippen LogP contribution in [0.2, 0.25) is 0 Å². The van der Waals surface area contributed by atoms with E-state index in [0.29, 0.717) is 5.92 Å². The molecule has 1 aliphatic carbocycles. The van der Waals surface area contributed by atoms with E-state index in [2.05, 4.69) is 5.32 Å². The lowest BCUT2D eigenvalue weighted by molar-refractivity contribution is 0.346. The highest BCUT2D eigenvalue weighted by Gasteiger charge is 2.22. The van der Waals surface area contributed by atoms with Crippen LogP contribution in [-0.2, 0) is 6.54 Å². The van der Waals surface area contributed by atoms with Crippen LogP contribution in [0.3, 0.4) is 0 Å². The van der Waals surface area contributed by atoms with Gasteiger partial charge in [0.15, 0.2) is 0 Å². The Balaban J connectivity index is 1.84. The van der Waals surface area contributed by atoms with Crippen LogP contribution in [0.4, 0.5) is 8.78 Å². The van der Waals surface area contributed by atoms with Crippen molar-refractivity contribution in [3.05, 3.63) is 35.4 Å². The second-order valence-electron chi connectivity index (χ2n) is 4.89. The zero-order chi connectivity index (χ0) is 13.0. The third-order valence-electron chi connectivity index (χ3n) is 3.59. The van der Waals surface area contributed by atoms with Crippen molar-refractivity contribution in [3.8, 4) is 0 Å². The van der Waals surface area contributed by atoms with Crippen molar-refractivity contribution in [1.29, 1.82) is 0 Å². The smallest absolute Gasteiger partial charge is 0.130 e. The Kier molecular flexibility index (Phi) is 4.95. The fourth-order valence-corrected chi connectivity index (χ4v) is 2.85. The van der Waals surface area contributed by atoms with E-state index in [1.165, 1.54) is 31.0 Å². The lowest BCUT2D eigenvalue weighted by Gasteiger charge is -2.27. The number of benzene rings is 1. The summed E-state index contributed by atoms with van der Waals surface area (Å²) in [5.74, 6) is -0.572. The third-order valence-corrected chi connectivity index (χ3v) is 4.16. The molecule has 0 aliphatic heterocycles. The molecule has 1 nitrogen and oxygen atoms in total. The topological polar surface area (TPSA) is 12.0 Å². The summed E-state index contributed by atoms with van der Waals surface area (Å²) in [6.07, 6.45) is 4.53. The number of nitrogens with one attached hydrogen (secondary N) is 1. The lowest BCUT2D eigenvalue weighted by Crippen LogP contribution is -2.31. The van der Waals surface area contributed by atoms with Gasteiger partial charge in [-0.1, -0.05) is 18.9 Å². The SMILES string of the molecule is Fc1cccc(F)c1CNCC1CCCCC1Cl. The molecule has 0 spiro atoms. The zero-order valence-corrected chi connectivity index (χ0v) is 11.0. The molecule has 0 amide bonds. The zero-order valence-electron chi connectivity index (χ0n) is 10.3.